The van der Waals surface area contributed by atoms with Crippen LogP contribution in [0, 0.1) is 5.92 Å². The monoisotopic (exact) mass is 211 g/mol. The lowest BCUT2D eigenvalue weighted by atomic mass is 9.90. The average molecular weight is 211 g/mol. The average Bonchev–Trinajstić information content (AvgIpc) is 2.15. The number of rotatable bonds is 3. The largest absolute Gasteiger partial charge is 0.481 e. The van der Waals surface area contributed by atoms with Crippen molar-refractivity contribution in [3.05, 3.63) is 11.6 Å². The molecule has 1 heterocycles. The molecule has 0 amide bonds. The molecule has 0 aromatic heterocycles. The highest BCUT2D eigenvalue weighted by atomic mass is 16.4. The zero-order chi connectivity index (χ0) is 11.4. The van der Waals surface area contributed by atoms with Crippen LogP contribution in [0.4, 0.5) is 0 Å². The molecule has 1 N–H and O–H groups in total. The van der Waals surface area contributed by atoms with Crippen molar-refractivity contribution in [2.45, 2.75) is 39.7 Å². The van der Waals surface area contributed by atoms with Crippen molar-refractivity contribution in [1.29, 1.82) is 0 Å². The minimum atomic E-state index is -0.649. The van der Waals surface area contributed by atoms with Crippen molar-refractivity contribution in [2.75, 3.05) is 13.1 Å². The molecule has 3 heteroatoms. The summed E-state index contributed by atoms with van der Waals surface area (Å²) in [6.45, 7) is 8.07. The Balaban J connectivity index is 2.58. The second-order valence-corrected chi connectivity index (χ2v) is 4.60. The SMILES string of the molecule is CC(C)=CCN1CCCC(C(=O)O)C1C. The van der Waals surface area contributed by atoms with Crippen LogP contribution in [-0.4, -0.2) is 35.1 Å². The van der Waals surface area contributed by atoms with Gasteiger partial charge in [0.25, 0.3) is 0 Å². The highest BCUT2D eigenvalue weighted by Crippen LogP contribution is 2.23. The number of carboxylic acids is 1. The molecule has 1 aliphatic rings. The number of piperidine rings is 1. The van der Waals surface area contributed by atoms with Crippen molar-refractivity contribution in [1.82, 2.24) is 4.90 Å². The van der Waals surface area contributed by atoms with Crippen LogP contribution in [-0.2, 0) is 4.79 Å². The smallest absolute Gasteiger partial charge is 0.308 e. The van der Waals surface area contributed by atoms with Gasteiger partial charge in [0.2, 0.25) is 0 Å². The second kappa shape index (κ2) is 5.31. The number of carbonyl (C=O) groups is 1. The molecule has 0 aromatic rings. The van der Waals surface area contributed by atoms with Crippen molar-refractivity contribution < 1.29 is 9.90 Å². The maximum absolute atomic E-state index is 11.0. The normalized spacial score (nSPS) is 27.4. The van der Waals surface area contributed by atoms with E-state index in [0.717, 1.165) is 25.9 Å². The van der Waals surface area contributed by atoms with Crippen LogP contribution >= 0.6 is 0 Å². The summed E-state index contributed by atoms with van der Waals surface area (Å²) >= 11 is 0. The molecule has 0 spiro atoms. The maximum atomic E-state index is 11.0. The van der Waals surface area contributed by atoms with Gasteiger partial charge in [-0.25, -0.2) is 0 Å². The van der Waals surface area contributed by atoms with Gasteiger partial charge in [0.15, 0.2) is 0 Å². The lowest BCUT2D eigenvalue weighted by Gasteiger charge is -2.36. The molecule has 1 aliphatic heterocycles. The maximum Gasteiger partial charge on any atom is 0.308 e. The number of likely N-dealkylation sites (tertiary alicyclic amines) is 1. The van der Waals surface area contributed by atoms with Gasteiger partial charge in [-0.2, -0.15) is 0 Å². The van der Waals surface area contributed by atoms with E-state index < -0.39 is 5.97 Å². The standard InChI is InChI=1S/C12H21NO2/c1-9(2)6-8-13-7-4-5-11(10(13)3)12(14)15/h6,10-11H,4-5,7-8H2,1-3H3,(H,14,15). The van der Waals surface area contributed by atoms with Gasteiger partial charge in [-0.3, -0.25) is 9.69 Å². The number of carboxylic acid groups (broad SMARTS) is 1. The highest BCUT2D eigenvalue weighted by molar-refractivity contribution is 5.70. The van der Waals surface area contributed by atoms with Crippen LogP contribution in [0.2, 0.25) is 0 Å². The zero-order valence-corrected chi connectivity index (χ0v) is 9.86. The van der Waals surface area contributed by atoms with Gasteiger partial charge in [-0.05, 0) is 40.2 Å². The lowest BCUT2D eigenvalue weighted by molar-refractivity contribution is -0.145. The van der Waals surface area contributed by atoms with Gasteiger partial charge in [0, 0.05) is 12.6 Å². The summed E-state index contributed by atoms with van der Waals surface area (Å²) in [5, 5.41) is 9.06. The Kier molecular flexibility index (Phi) is 4.33. The van der Waals surface area contributed by atoms with Crippen molar-refractivity contribution in [3.8, 4) is 0 Å². The van der Waals surface area contributed by atoms with Gasteiger partial charge in [0.1, 0.15) is 0 Å². The fourth-order valence-electron chi connectivity index (χ4n) is 2.10. The van der Waals surface area contributed by atoms with Crippen molar-refractivity contribution in [2.24, 2.45) is 5.92 Å². The molecule has 3 nitrogen and oxygen atoms in total. The minimum Gasteiger partial charge on any atom is -0.481 e. The van der Waals surface area contributed by atoms with E-state index in [1.165, 1.54) is 5.57 Å². The van der Waals surface area contributed by atoms with E-state index >= 15 is 0 Å². The van der Waals surface area contributed by atoms with E-state index in [2.05, 4.69) is 24.8 Å². The second-order valence-electron chi connectivity index (χ2n) is 4.60. The van der Waals surface area contributed by atoms with Crippen molar-refractivity contribution in [3.63, 3.8) is 0 Å². The third-order valence-electron chi connectivity index (χ3n) is 3.17. The topological polar surface area (TPSA) is 40.5 Å². The van der Waals surface area contributed by atoms with E-state index in [-0.39, 0.29) is 12.0 Å². The van der Waals surface area contributed by atoms with Crippen LogP contribution < -0.4 is 0 Å². The predicted octanol–water partition coefficient (Wildman–Crippen LogP) is 2.14. The first-order valence-corrected chi connectivity index (χ1v) is 5.62. The minimum absolute atomic E-state index is 0.159. The molecule has 1 saturated heterocycles. The summed E-state index contributed by atoms with van der Waals surface area (Å²) in [5.41, 5.74) is 1.29. The third kappa shape index (κ3) is 3.34. The van der Waals surface area contributed by atoms with E-state index in [4.69, 9.17) is 5.11 Å². The number of hydrogen-bond acceptors (Lipinski definition) is 2. The van der Waals surface area contributed by atoms with Crippen LogP contribution in [0.3, 0.4) is 0 Å². The molecular weight excluding hydrogens is 190 g/mol. The van der Waals surface area contributed by atoms with Crippen LogP contribution in [0.15, 0.2) is 11.6 Å². The molecule has 0 aliphatic carbocycles. The summed E-state index contributed by atoms with van der Waals surface area (Å²) in [4.78, 5) is 13.3. The Morgan fingerprint density at radius 1 is 1.53 bits per heavy atom. The summed E-state index contributed by atoms with van der Waals surface area (Å²) in [6, 6.07) is 0.159. The number of hydrogen-bond donors (Lipinski definition) is 1. The molecule has 1 fully saturated rings. The van der Waals surface area contributed by atoms with E-state index in [1.54, 1.807) is 0 Å². The van der Waals surface area contributed by atoms with E-state index in [0.29, 0.717) is 0 Å². The van der Waals surface area contributed by atoms with E-state index in [9.17, 15) is 4.79 Å². The fourth-order valence-corrected chi connectivity index (χ4v) is 2.10. The first kappa shape index (κ1) is 12.2. The predicted molar refractivity (Wildman–Crippen MR) is 60.8 cm³/mol. The Bertz CT molecular complexity index is 256. The summed E-state index contributed by atoms with van der Waals surface area (Å²) < 4.78 is 0. The molecule has 0 aromatic carbocycles. The molecule has 15 heavy (non-hydrogen) atoms. The number of aliphatic carboxylic acids is 1. The fraction of sp³-hybridized carbons (Fsp3) is 0.750. The molecule has 2 atom stereocenters. The first-order chi connectivity index (χ1) is 7.02. The lowest BCUT2D eigenvalue weighted by Crippen LogP contribution is -2.46. The molecular formula is C12H21NO2. The first-order valence-electron chi connectivity index (χ1n) is 5.62. The van der Waals surface area contributed by atoms with Crippen molar-refractivity contribution >= 4 is 5.97 Å². The van der Waals surface area contributed by atoms with Gasteiger partial charge in [-0.1, -0.05) is 11.6 Å². The summed E-state index contributed by atoms with van der Waals surface area (Å²) in [5.74, 6) is -0.839. The molecule has 1 rings (SSSR count). The molecule has 0 bridgehead atoms. The Hall–Kier alpha value is -0.830. The molecule has 2 unspecified atom stereocenters. The molecule has 0 saturated carbocycles. The quantitative estimate of drug-likeness (QED) is 0.727. The Morgan fingerprint density at radius 3 is 2.73 bits per heavy atom. The Labute approximate surface area is 91.8 Å². The van der Waals surface area contributed by atoms with Crippen LogP contribution in [0.1, 0.15) is 33.6 Å². The van der Waals surface area contributed by atoms with Crippen LogP contribution in [0.5, 0.6) is 0 Å². The molecule has 86 valence electrons. The zero-order valence-electron chi connectivity index (χ0n) is 9.86. The number of allylic oxidation sites excluding steroid dienone is 1. The summed E-state index contributed by atoms with van der Waals surface area (Å²) in [6.07, 6.45) is 3.99. The highest BCUT2D eigenvalue weighted by Gasteiger charge is 2.31. The van der Waals surface area contributed by atoms with Gasteiger partial charge >= 0.3 is 5.97 Å². The molecule has 0 radical (unpaired) electrons. The third-order valence-corrected chi connectivity index (χ3v) is 3.17. The van der Waals surface area contributed by atoms with Gasteiger partial charge in [0.05, 0.1) is 5.92 Å². The number of nitrogens with zero attached hydrogens (tertiary/aromatic N) is 1. The summed E-state index contributed by atoms with van der Waals surface area (Å²) in [7, 11) is 0. The van der Waals surface area contributed by atoms with Gasteiger partial charge in [-0.15, -0.1) is 0 Å². The Morgan fingerprint density at radius 2 is 2.20 bits per heavy atom. The van der Waals surface area contributed by atoms with E-state index in [1.807, 2.05) is 6.92 Å². The van der Waals surface area contributed by atoms with Crippen LogP contribution in [0.25, 0.3) is 0 Å². The van der Waals surface area contributed by atoms with Gasteiger partial charge < -0.3 is 5.11 Å².